The second-order valence-electron chi connectivity index (χ2n) is 6.19. The number of carboxylic acid groups (broad SMARTS) is 1. The zero-order valence-corrected chi connectivity index (χ0v) is 15.2. The van der Waals surface area contributed by atoms with Crippen molar-refractivity contribution in [3.63, 3.8) is 0 Å². The van der Waals surface area contributed by atoms with Crippen LogP contribution in [-0.2, 0) is 6.42 Å². The predicted octanol–water partition coefficient (Wildman–Crippen LogP) is 3.59. The van der Waals surface area contributed by atoms with Gasteiger partial charge in [0.1, 0.15) is 5.82 Å². The minimum Gasteiger partial charge on any atom is -0.478 e. The molecule has 0 fully saturated rings. The molecule has 0 saturated heterocycles. The van der Waals surface area contributed by atoms with Gasteiger partial charge in [-0.3, -0.25) is 4.98 Å². The molecule has 7 heteroatoms. The Hall–Kier alpha value is -3.22. The smallest absolute Gasteiger partial charge is 0.337 e. The number of nitrogens with zero attached hydrogens (tertiary/aromatic N) is 4. The zero-order chi connectivity index (χ0) is 18.8. The molecule has 7 nitrogen and oxygen atoms in total. The number of anilines is 2. The standard InChI is InChI=1S/C19H21N5O2/c1-5-14-9-17(22-16-7-6-11(2)8-15(16)19(25)26)24(23-14)18-13(4)20-10-12(3)21-18/h6-10,22H,5H2,1-4H3,(H,25,26). The van der Waals surface area contributed by atoms with E-state index >= 15 is 0 Å². The molecule has 0 aliphatic heterocycles. The molecule has 0 unspecified atom stereocenters. The molecule has 0 atom stereocenters. The zero-order valence-electron chi connectivity index (χ0n) is 15.2. The molecule has 134 valence electrons. The van der Waals surface area contributed by atoms with Gasteiger partial charge >= 0.3 is 5.97 Å². The molecule has 26 heavy (non-hydrogen) atoms. The maximum atomic E-state index is 11.6. The molecule has 2 N–H and O–H groups in total. The van der Waals surface area contributed by atoms with Crippen LogP contribution in [0.4, 0.5) is 11.5 Å². The number of benzene rings is 1. The number of aromatic carboxylic acids is 1. The number of aryl methyl sites for hydroxylation is 4. The monoisotopic (exact) mass is 351 g/mol. The summed E-state index contributed by atoms with van der Waals surface area (Å²) in [6.45, 7) is 7.62. The summed E-state index contributed by atoms with van der Waals surface area (Å²) in [5, 5.41) is 17.3. The summed E-state index contributed by atoms with van der Waals surface area (Å²) in [5.74, 6) is 0.289. The number of hydrogen-bond donors (Lipinski definition) is 2. The Morgan fingerprint density at radius 3 is 2.69 bits per heavy atom. The van der Waals surface area contributed by atoms with Gasteiger partial charge < -0.3 is 10.4 Å². The maximum absolute atomic E-state index is 11.6. The Kier molecular flexibility index (Phi) is 4.71. The lowest BCUT2D eigenvalue weighted by atomic mass is 10.1. The molecule has 1 aromatic carbocycles. The Labute approximate surface area is 151 Å². The number of rotatable bonds is 5. The Balaban J connectivity index is 2.11. The highest BCUT2D eigenvalue weighted by molar-refractivity contribution is 5.95. The van der Waals surface area contributed by atoms with Gasteiger partial charge in [0.15, 0.2) is 5.82 Å². The van der Waals surface area contributed by atoms with Crippen molar-refractivity contribution in [1.29, 1.82) is 0 Å². The van der Waals surface area contributed by atoms with Crippen molar-refractivity contribution >= 4 is 17.5 Å². The second-order valence-corrected chi connectivity index (χ2v) is 6.19. The molecule has 0 aliphatic carbocycles. The van der Waals surface area contributed by atoms with E-state index < -0.39 is 5.97 Å². The molecular weight excluding hydrogens is 330 g/mol. The van der Waals surface area contributed by atoms with Crippen LogP contribution in [0.1, 0.15) is 39.9 Å². The third-order valence-corrected chi connectivity index (χ3v) is 4.04. The van der Waals surface area contributed by atoms with Gasteiger partial charge in [0, 0.05) is 12.3 Å². The summed E-state index contributed by atoms with van der Waals surface area (Å²) in [5.41, 5.74) is 4.00. The lowest BCUT2D eigenvalue weighted by Gasteiger charge is -2.13. The molecule has 2 aromatic heterocycles. The summed E-state index contributed by atoms with van der Waals surface area (Å²) in [6, 6.07) is 7.17. The van der Waals surface area contributed by atoms with E-state index in [0.29, 0.717) is 17.3 Å². The first-order valence-corrected chi connectivity index (χ1v) is 8.39. The molecule has 0 amide bonds. The first-order valence-electron chi connectivity index (χ1n) is 8.39. The minimum absolute atomic E-state index is 0.211. The fourth-order valence-corrected chi connectivity index (χ4v) is 2.66. The van der Waals surface area contributed by atoms with Crippen molar-refractivity contribution < 1.29 is 9.90 Å². The van der Waals surface area contributed by atoms with E-state index in [0.717, 1.165) is 29.1 Å². The van der Waals surface area contributed by atoms with Gasteiger partial charge in [-0.2, -0.15) is 9.78 Å². The van der Waals surface area contributed by atoms with Gasteiger partial charge in [0.05, 0.1) is 28.3 Å². The van der Waals surface area contributed by atoms with Crippen molar-refractivity contribution in [3.05, 3.63) is 58.7 Å². The van der Waals surface area contributed by atoms with E-state index in [2.05, 4.69) is 20.4 Å². The Bertz CT molecular complexity index is 978. The topological polar surface area (TPSA) is 92.9 Å². The summed E-state index contributed by atoms with van der Waals surface area (Å²) in [4.78, 5) is 20.5. The summed E-state index contributed by atoms with van der Waals surface area (Å²) >= 11 is 0. The van der Waals surface area contributed by atoms with Crippen molar-refractivity contribution in [1.82, 2.24) is 19.7 Å². The van der Waals surface area contributed by atoms with E-state index in [1.807, 2.05) is 39.8 Å². The summed E-state index contributed by atoms with van der Waals surface area (Å²) in [7, 11) is 0. The third kappa shape index (κ3) is 3.42. The maximum Gasteiger partial charge on any atom is 0.337 e. The molecule has 2 heterocycles. The lowest BCUT2D eigenvalue weighted by Crippen LogP contribution is -2.10. The number of carboxylic acids is 1. The van der Waals surface area contributed by atoms with Gasteiger partial charge in [0.25, 0.3) is 0 Å². The van der Waals surface area contributed by atoms with E-state index in [1.165, 1.54) is 0 Å². The van der Waals surface area contributed by atoms with Crippen molar-refractivity contribution in [3.8, 4) is 5.82 Å². The molecule has 0 bridgehead atoms. The van der Waals surface area contributed by atoms with E-state index in [4.69, 9.17) is 0 Å². The van der Waals surface area contributed by atoms with Crippen molar-refractivity contribution in [2.75, 3.05) is 5.32 Å². The minimum atomic E-state index is -0.982. The Morgan fingerprint density at radius 1 is 1.23 bits per heavy atom. The van der Waals surface area contributed by atoms with E-state index in [9.17, 15) is 9.90 Å². The lowest BCUT2D eigenvalue weighted by molar-refractivity contribution is 0.0698. The van der Waals surface area contributed by atoms with Gasteiger partial charge in [0.2, 0.25) is 0 Å². The number of aromatic nitrogens is 4. The van der Waals surface area contributed by atoms with Crippen LogP contribution < -0.4 is 5.32 Å². The number of nitrogens with one attached hydrogen (secondary N) is 1. The molecule has 0 aliphatic rings. The third-order valence-electron chi connectivity index (χ3n) is 4.04. The fourth-order valence-electron chi connectivity index (χ4n) is 2.66. The molecule has 0 spiro atoms. The van der Waals surface area contributed by atoms with Crippen molar-refractivity contribution in [2.45, 2.75) is 34.1 Å². The highest BCUT2D eigenvalue weighted by Gasteiger charge is 2.16. The first-order chi connectivity index (χ1) is 12.4. The SMILES string of the molecule is CCc1cc(Nc2ccc(C)cc2C(=O)O)n(-c2nc(C)cnc2C)n1. The van der Waals surface area contributed by atoms with E-state index in [-0.39, 0.29) is 5.56 Å². The normalized spacial score (nSPS) is 10.8. The average molecular weight is 351 g/mol. The molecule has 0 radical (unpaired) electrons. The van der Waals surface area contributed by atoms with Crippen LogP contribution in [0, 0.1) is 20.8 Å². The molecule has 3 rings (SSSR count). The van der Waals surface area contributed by atoms with Crippen LogP contribution in [0.5, 0.6) is 0 Å². The molecular formula is C19H21N5O2. The number of carbonyl (C=O) groups is 1. The molecule has 3 aromatic rings. The van der Waals surface area contributed by atoms with Crippen LogP contribution >= 0.6 is 0 Å². The van der Waals surface area contributed by atoms with Crippen molar-refractivity contribution in [2.24, 2.45) is 0 Å². The van der Waals surface area contributed by atoms with Gasteiger partial charge in [-0.25, -0.2) is 9.78 Å². The van der Waals surface area contributed by atoms with Crippen LogP contribution in [0.3, 0.4) is 0 Å². The van der Waals surface area contributed by atoms with Gasteiger partial charge in [-0.1, -0.05) is 18.6 Å². The first kappa shape index (κ1) is 17.6. The molecule has 0 saturated carbocycles. The Morgan fingerprint density at radius 2 is 2.00 bits per heavy atom. The highest BCUT2D eigenvalue weighted by atomic mass is 16.4. The average Bonchev–Trinajstić information content (AvgIpc) is 3.01. The summed E-state index contributed by atoms with van der Waals surface area (Å²) in [6.07, 6.45) is 2.46. The van der Waals surface area contributed by atoms with E-state index in [1.54, 1.807) is 23.0 Å². The fraction of sp³-hybridized carbons (Fsp3) is 0.263. The largest absolute Gasteiger partial charge is 0.478 e. The quantitative estimate of drug-likeness (QED) is 0.730. The second kappa shape index (κ2) is 6.95. The predicted molar refractivity (Wildman–Crippen MR) is 99.4 cm³/mol. The van der Waals surface area contributed by atoms with Crippen LogP contribution in [0.15, 0.2) is 30.5 Å². The van der Waals surface area contributed by atoms with Gasteiger partial charge in [-0.05, 0) is 39.3 Å². The van der Waals surface area contributed by atoms with Crippen LogP contribution in [-0.4, -0.2) is 30.8 Å². The van der Waals surface area contributed by atoms with Crippen LogP contribution in [0.25, 0.3) is 5.82 Å². The van der Waals surface area contributed by atoms with Crippen LogP contribution in [0.2, 0.25) is 0 Å². The number of hydrogen-bond acceptors (Lipinski definition) is 5. The van der Waals surface area contributed by atoms with Gasteiger partial charge in [-0.15, -0.1) is 0 Å². The summed E-state index contributed by atoms with van der Waals surface area (Å²) < 4.78 is 1.68. The highest BCUT2D eigenvalue weighted by Crippen LogP contribution is 2.25.